The second-order valence-corrected chi connectivity index (χ2v) is 11.2. The Morgan fingerprint density at radius 2 is 2.18 bits per heavy atom. The van der Waals surface area contributed by atoms with E-state index in [1.165, 1.54) is 30.4 Å². The molecule has 22 heavy (non-hydrogen) atoms. The van der Waals surface area contributed by atoms with Gasteiger partial charge in [-0.1, -0.05) is 0 Å². The molecular formula is C18H21INO2-. The Balaban J connectivity index is 1.59. The van der Waals surface area contributed by atoms with Gasteiger partial charge in [0, 0.05) is 0 Å². The number of ether oxygens (including phenoxy) is 1. The second-order valence-electron chi connectivity index (χ2n) is 7.33. The molecule has 2 saturated carbocycles. The number of fused-ring (bicyclic) bond motifs is 4. The van der Waals surface area contributed by atoms with E-state index >= 15 is 0 Å². The summed E-state index contributed by atoms with van der Waals surface area (Å²) in [6.07, 6.45) is 5.59. The Morgan fingerprint density at radius 1 is 1.32 bits per heavy atom. The Kier molecular flexibility index (Phi) is 2.80. The first kappa shape index (κ1) is 13.8. The first-order valence-electron chi connectivity index (χ1n) is 8.26. The quantitative estimate of drug-likeness (QED) is 0.368. The molecule has 4 aliphatic rings. The van der Waals surface area contributed by atoms with Crippen molar-refractivity contribution in [2.24, 2.45) is 5.92 Å². The van der Waals surface area contributed by atoms with Crippen molar-refractivity contribution in [1.82, 2.24) is 5.32 Å². The van der Waals surface area contributed by atoms with Crippen LogP contribution in [0.3, 0.4) is 0 Å². The zero-order chi connectivity index (χ0) is 14.9. The van der Waals surface area contributed by atoms with Gasteiger partial charge in [0.25, 0.3) is 0 Å². The molecule has 2 aliphatic carbocycles. The van der Waals surface area contributed by atoms with E-state index < -0.39 is 0 Å². The number of rotatable bonds is 1. The van der Waals surface area contributed by atoms with Gasteiger partial charge < -0.3 is 0 Å². The predicted octanol–water partition coefficient (Wildman–Crippen LogP) is -0.981. The van der Waals surface area contributed by atoms with E-state index in [9.17, 15) is 4.79 Å². The van der Waals surface area contributed by atoms with Gasteiger partial charge in [-0.15, -0.1) is 0 Å². The van der Waals surface area contributed by atoms with Gasteiger partial charge in [-0.2, -0.15) is 0 Å². The SMILES string of the molecule is COc1ccc2c(c1)CCC(=O)[I-]C1(CC1)C1CC23CNC13. The Morgan fingerprint density at radius 3 is 2.82 bits per heavy atom. The third-order valence-electron chi connectivity index (χ3n) is 6.34. The molecule has 118 valence electrons. The molecule has 1 aromatic rings. The molecule has 2 bridgehead atoms. The predicted molar refractivity (Wildman–Crippen MR) is 79.9 cm³/mol. The molecule has 1 aromatic carbocycles. The zero-order valence-corrected chi connectivity index (χ0v) is 15.0. The zero-order valence-electron chi connectivity index (χ0n) is 12.8. The van der Waals surface area contributed by atoms with E-state index in [2.05, 4.69) is 23.5 Å². The van der Waals surface area contributed by atoms with Gasteiger partial charge in [0.15, 0.2) is 0 Å². The topological polar surface area (TPSA) is 38.3 Å². The van der Waals surface area contributed by atoms with Crippen LogP contribution in [-0.4, -0.2) is 26.9 Å². The van der Waals surface area contributed by atoms with Crippen LogP contribution in [-0.2, 0) is 16.6 Å². The van der Waals surface area contributed by atoms with Gasteiger partial charge in [0.05, 0.1) is 0 Å². The summed E-state index contributed by atoms with van der Waals surface area (Å²) in [6, 6.07) is 7.18. The summed E-state index contributed by atoms with van der Waals surface area (Å²) in [5, 5.41) is 3.71. The van der Waals surface area contributed by atoms with Crippen molar-refractivity contribution in [3.63, 3.8) is 0 Å². The molecule has 1 N–H and O–H groups in total. The van der Waals surface area contributed by atoms with Crippen LogP contribution in [0.5, 0.6) is 5.75 Å². The molecule has 1 saturated heterocycles. The first-order chi connectivity index (χ1) is 10.7. The number of halogens is 1. The molecule has 3 atom stereocenters. The molecule has 0 amide bonds. The molecule has 5 rings (SSSR count). The third-order valence-corrected chi connectivity index (χ3v) is 10.4. The molecule has 0 aromatic heterocycles. The van der Waals surface area contributed by atoms with Gasteiger partial charge in [-0.25, -0.2) is 0 Å². The summed E-state index contributed by atoms with van der Waals surface area (Å²) in [6.45, 7) is 1.12. The van der Waals surface area contributed by atoms with Gasteiger partial charge >= 0.3 is 141 Å². The fourth-order valence-corrected chi connectivity index (χ4v) is 8.46. The molecule has 2 aliphatic heterocycles. The van der Waals surface area contributed by atoms with Crippen LogP contribution in [0.25, 0.3) is 0 Å². The van der Waals surface area contributed by atoms with Crippen molar-refractivity contribution in [1.29, 1.82) is 0 Å². The number of carbonyl (C=O) groups is 1. The summed E-state index contributed by atoms with van der Waals surface area (Å²) in [4.78, 5) is 12.5. The minimum absolute atomic E-state index is 0.289. The maximum absolute atomic E-state index is 12.5. The molecule has 3 unspecified atom stereocenters. The summed E-state index contributed by atoms with van der Waals surface area (Å²) in [5.41, 5.74) is 3.22. The van der Waals surface area contributed by atoms with Crippen molar-refractivity contribution in [3.8, 4) is 5.75 Å². The van der Waals surface area contributed by atoms with Crippen LogP contribution in [0.1, 0.15) is 36.8 Å². The Bertz CT molecular complexity index is 669. The van der Waals surface area contributed by atoms with Crippen LogP contribution < -0.4 is 31.3 Å². The number of alkyl halides is 1. The molecule has 4 heteroatoms. The van der Waals surface area contributed by atoms with E-state index in [1.807, 2.05) is 0 Å². The average Bonchev–Trinajstić information content (AvgIpc) is 3.27. The van der Waals surface area contributed by atoms with Crippen LogP contribution in [0, 0.1) is 5.92 Å². The minimum atomic E-state index is -0.289. The molecule has 0 radical (unpaired) electrons. The van der Waals surface area contributed by atoms with Crippen LogP contribution in [0.15, 0.2) is 18.2 Å². The number of hydrogen-bond donors (Lipinski definition) is 1. The number of piperidine rings is 1. The Labute approximate surface area is 141 Å². The van der Waals surface area contributed by atoms with Gasteiger partial charge in [-0.3, -0.25) is 0 Å². The van der Waals surface area contributed by atoms with Crippen molar-refractivity contribution >= 4 is 3.79 Å². The summed E-state index contributed by atoms with van der Waals surface area (Å²) in [5.74, 6) is 1.69. The van der Waals surface area contributed by atoms with E-state index in [4.69, 9.17) is 4.74 Å². The number of nitrogens with one attached hydrogen (secondary N) is 1. The van der Waals surface area contributed by atoms with Crippen molar-refractivity contribution < 1.29 is 30.7 Å². The second kappa shape index (κ2) is 4.47. The van der Waals surface area contributed by atoms with Crippen molar-refractivity contribution in [3.05, 3.63) is 29.3 Å². The molecule has 2 heterocycles. The van der Waals surface area contributed by atoms with Crippen LogP contribution in [0.2, 0.25) is 0 Å². The van der Waals surface area contributed by atoms with E-state index in [0.29, 0.717) is 18.7 Å². The molecular weight excluding hydrogens is 389 g/mol. The number of aryl methyl sites for hydroxylation is 1. The standard InChI is InChI=1S/C18H21INO2/c1-22-12-3-4-13-11(8-12)2-5-15(21)19-18(6-7-18)14-9-17(13)10-20-16(14)17/h3-4,8,14,16,20H,2,5-7,9-10H2,1H3/q-1. The third kappa shape index (κ3) is 1.68. The number of carbonyl (C=O) groups excluding carboxylic acids is 1. The number of hydrogen-bond acceptors (Lipinski definition) is 3. The molecule has 3 nitrogen and oxygen atoms in total. The van der Waals surface area contributed by atoms with Crippen LogP contribution >= 0.6 is 0 Å². The van der Waals surface area contributed by atoms with Crippen molar-refractivity contribution in [2.45, 2.75) is 47.0 Å². The first-order valence-corrected chi connectivity index (χ1v) is 10.4. The fourth-order valence-electron chi connectivity index (χ4n) is 4.93. The average molecular weight is 410 g/mol. The summed E-state index contributed by atoms with van der Waals surface area (Å²) < 4.78 is 6.46. The molecule has 2 spiro atoms. The van der Waals surface area contributed by atoms with E-state index in [0.717, 1.165) is 31.1 Å². The summed E-state index contributed by atoms with van der Waals surface area (Å²) >= 11 is -0.289. The van der Waals surface area contributed by atoms with Gasteiger partial charge in [-0.05, 0) is 0 Å². The fraction of sp³-hybridized carbons (Fsp3) is 0.611. The van der Waals surface area contributed by atoms with E-state index in [1.54, 1.807) is 7.11 Å². The van der Waals surface area contributed by atoms with Crippen molar-refractivity contribution in [2.75, 3.05) is 13.7 Å². The maximum atomic E-state index is 12.5. The number of methoxy groups -OCH3 is 1. The Hall–Kier alpha value is -0.620. The summed E-state index contributed by atoms with van der Waals surface area (Å²) in [7, 11) is 1.72. The monoisotopic (exact) mass is 410 g/mol. The molecule has 3 fully saturated rings. The van der Waals surface area contributed by atoms with Gasteiger partial charge in [0.1, 0.15) is 0 Å². The number of benzene rings is 1. The van der Waals surface area contributed by atoms with Crippen LogP contribution in [0.4, 0.5) is 0 Å². The van der Waals surface area contributed by atoms with E-state index in [-0.39, 0.29) is 21.2 Å². The van der Waals surface area contributed by atoms with Gasteiger partial charge in [0.2, 0.25) is 0 Å². The normalized spacial score (nSPS) is 37.8.